The van der Waals surface area contributed by atoms with Crippen molar-refractivity contribution in [3.8, 4) is 5.75 Å². The standard InChI is InChI=1S/C21H21Cl3N2O3/c1-29-19-6-2-14(12-18(19)24)3-7-20(27)25-8-10-26(11-9-25)21(28)16-5-4-15(22)13-17(16)23/h2,4-6,12-13H,3,7-11H2,1H3. The maximum absolute atomic E-state index is 12.7. The number of hydrogen-bond donors (Lipinski definition) is 0. The van der Waals surface area contributed by atoms with Gasteiger partial charge >= 0.3 is 0 Å². The van der Waals surface area contributed by atoms with Crippen LogP contribution in [0.15, 0.2) is 36.4 Å². The number of benzene rings is 2. The number of amides is 2. The maximum atomic E-state index is 12.7. The minimum absolute atomic E-state index is 0.0635. The summed E-state index contributed by atoms with van der Waals surface area (Å²) in [6, 6.07) is 10.4. The maximum Gasteiger partial charge on any atom is 0.255 e. The number of piperazine rings is 1. The molecule has 0 aromatic heterocycles. The van der Waals surface area contributed by atoms with E-state index in [-0.39, 0.29) is 11.8 Å². The fraction of sp³-hybridized carbons (Fsp3) is 0.333. The molecule has 8 heteroatoms. The van der Waals surface area contributed by atoms with E-state index in [1.165, 1.54) is 0 Å². The molecule has 0 unspecified atom stereocenters. The summed E-state index contributed by atoms with van der Waals surface area (Å²) in [5.41, 5.74) is 1.41. The third kappa shape index (κ3) is 5.35. The van der Waals surface area contributed by atoms with Crippen LogP contribution in [0.25, 0.3) is 0 Å². The predicted molar refractivity (Wildman–Crippen MR) is 115 cm³/mol. The number of carbonyl (C=O) groups excluding carboxylic acids is 2. The highest BCUT2D eigenvalue weighted by Crippen LogP contribution is 2.26. The van der Waals surface area contributed by atoms with E-state index >= 15 is 0 Å². The predicted octanol–water partition coefficient (Wildman–Crippen LogP) is 4.57. The average Bonchev–Trinajstić information content (AvgIpc) is 2.72. The Morgan fingerprint density at radius 2 is 1.62 bits per heavy atom. The van der Waals surface area contributed by atoms with Crippen LogP contribution in [0, 0.1) is 0 Å². The number of rotatable bonds is 5. The van der Waals surface area contributed by atoms with E-state index in [0.717, 1.165) is 5.56 Å². The highest BCUT2D eigenvalue weighted by molar-refractivity contribution is 6.36. The van der Waals surface area contributed by atoms with E-state index in [1.54, 1.807) is 41.2 Å². The third-order valence-electron chi connectivity index (χ3n) is 4.92. The van der Waals surface area contributed by atoms with Crippen molar-refractivity contribution in [2.24, 2.45) is 0 Å². The van der Waals surface area contributed by atoms with E-state index in [2.05, 4.69) is 0 Å². The lowest BCUT2D eigenvalue weighted by Gasteiger charge is -2.35. The fourth-order valence-electron chi connectivity index (χ4n) is 3.27. The summed E-state index contributed by atoms with van der Waals surface area (Å²) < 4.78 is 5.14. The Balaban J connectivity index is 1.51. The first-order valence-electron chi connectivity index (χ1n) is 9.23. The molecule has 2 aromatic carbocycles. The smallest absolute Gasteiger partial charge is 0.255 e. The molecule has 0 atom stereocenters. The minimum Gasteiger partial charge on any atom is -0.495 e. The molecule has 0 saturated carbocycles. The molecular formula is C21H21Cl3N2O3. The van der Waals surface area contributed by atoms with Gasteiger partial charge in [0.15, 0.2) is 0 Å². The van der Waals surface area contributed by atoms with E-state index in [0.29, 0.717) is 65.4 Å². The average molecular weight is 456 g/mol. The second kappa shape index (κ2) is 9.70. The van der Waals surface area contributed by atoms with Gasteiger partial charge in [-0.15, -0.1) is 0 Å². The molecule has 0 radical (unpaired) electrons. The molecule has 0 spiro atoms. The van der Waals surface area contributed by atoms with Gasteiger partial charge < -0.3 is 14.5 Å². The molecular weight excluding hydrogens is 435 g/mol. The molecule has 2 aromatic rings. The number of halogens is 3. The van der Waals surface area contributed by atoms with Gasteiger partial charge in [-0.1, -0.05) is 40.9 Å². The summed E-state index contributed by atoms with van der Waals surface area (Å²) in [6.07, 6.45) is 0.988. The van der Waals surface area contributed by atoms with Crippen molar-refractivity contribution in [1.29, 1.82) is 0 Å². The molecule has 0 bridgehead atoms. The van der Waals surface area contributed by atoms with Crippen LogP contribution in [0.5, 0.6) is 5.75 Å². The Morgan fingerprint density at radius 1 is 0.931 bits per heavy atom. The molecule has 1 aliphatic rings. The van der Waals surface area contributed by atoms with Gasteiger partial charge in [-0.3, -0.25) is 9.59 Å². The topological polar surface area (TPSA) is 49.9 Å². The van der Waals surface area contributed by atoms with Crippen molar-refractivity contribution in [3.05, 3.63) is 62.6 Å². The molecule has 29 heavy (non-hydrogen) atoms. The summed E-state index contributed by atoms with van der Waals surface area (Å²) in [5, 5.41) is 1.35. The fourth-order valence-corrected chi connectivity index (χ4v) is 4.04. The molecule has 1 fully saturated rings. The highest BCUT2D eigenvalue weighted by atomic mass is 35.5. The normalized spacial score (nSPS) is 14.1. The van der Waals surface area contributed by atoms with Gasteiger partial charge in [0, 0.05) is 37.6 Å². The quantitative estimate of drug-likeness (QED) is 0.663. The van der Waals surface area contributed by atoms with Gasteiger partial charge in [-0.2, -0.15) is 0 Å². The Hall–Kier alpha value is -1.95. The SMILES string of the molecule is COc1ccc(CCC(=O)N2CCN(C(=O)c3ccc(Cl)cc3Cl)CC2)cc1Cl. The zero-order chi connectivity index (χ0) is 21.0. The van der Waals surface area contributed by atoms with Crippen molar-refractivity contribution in [3.63, 3.8) is 0 Å². The van der Waals surface area contributed by atoms with Gasteiger partial charge in [-0.25, -0.2) is 0 Å². The molecule has 3 rings (SSSR count). The zero-order valence-corrected chi connectivity index (χ0v) is 18.2. The number of ether oxygens (including phenoxy) is 1. The minimum atomic E-state index is -0.147. The van der Waals surface area contributed by atoms with Crippen LogP contribution in [0.1, 0.15) is 22.3 Å². The molecule has 1 saturated heterocycles. The molecule has 1 aliphatic heterocycles. The summed E-state index contributed by atoms with van der Waals surface area (Å²) in [4.78, 5) is 28.7. The summed E-state index contributed by atoms with van der Waals surface area (Å²) in [6.45, 7) is 1.94. The monoisotopic (exact) mass is 454 g/mol. The van der Waals surface area contributed by atoms with Crippen LogP contribution in [0.4, 0.5) is 0 Å². The van der Waals surface area contributed by atoms with Crippen molar-refractivity contribution >= 4 is 46.6 Å². The molecule has 0 aliphatic carbocycles. The van der Waals surface area contributed by atoms with Crippen LogP contribution in [0.2, 0.25) is 15.1 Å². The third-order valence-corrected chi connectivity index (χ3v) is 5.77. The first-order chi connectivity index (χ1) is 13.9. The van der Waals surface area contributed by atoms with E-state index in [4.69, 9.17) is 39.5 Å². The summed E-state index contributed by atoms with van der Waals surface area (Å²) >= 11 is 18.2. The Morgan fingerprint density at radius 3 is 2.24 bits per heavy atom. The number of nitrogens with zero attached hydrogens (tertiary/aromatic N) is 2. The number of hydrogen-bond acceptors (Lipinski definition) is 3. The Bertz CT molecular complexity index is 912. The number of carbonyl (C=O) groups is 2. The van der Waals surface area contributed by atoms with Crippen molar-refractivity contribution in [2.75, 3.05) is 33.3 Å². The van der Waals surface area contributed by atoms with E-state index in [1.807, 2.05) is 12.1 Å². The van der Waals surface area contributed by atoms with Crippen LogP contribution in [-0.4, -0.2) is 54.9 Å². The van der Waals surface area contributed by atoms with Crippen LogP contribution in [0.3, 0.4) is 0 Å². The second-order valence-electron chi connectivity index (χ2n) is 6.77. The lowest BCUT2D eigenvalue weighted by molar-refractivity contribution is -0.132. The molecule has 1 heterocycles. The van der Waals surface area contributed by atoms with Crippen LogP contribution >= 0.6 is 34.8 Å². The van der Waals surface area contributed by atoms with Gasteiger partial charge in [0.05, 0.1) is 22.7 Å². The van der Waals surface area contributed by atoms with Crippen molar-refractivity contribution < 1.29 is 14.3 Å². The Kier molecular flexibility index (Phi) is 7.28. The summed E-state index contributed by atoms with van der Waals surface area (Å²) in [7, 11) is 1.57. The first-order valence-corrected chi connectivity index (χ1v) is 10.4. The second-order valence-corrected chi connectivity index (χ2v) is 8.02. The van der Waals surface area contributed by atoms with Crippen LogP contribution < -0.4 is 4.74 Å². The van der Waals surface area contributed by atoms with Crippen LogP contribution in [-0.2, 0) is 11.2 Å². The summed E-state index contributed by atoms with van der Waals surface area (Å²) in [5.74, 6) is 0.531. The lowest BCUT2D eigenvalue weighted by Crippen LogP contribution is -2.50. The van der Waals surface area contributed by atoms with E-state index < -0.39 is 0 Å². The van der Waals surface area contributed by atoms with Gasteiger partial charge in [0.25, 0.3) is 5.91 Å². The van der Waals surface area contributed by atoms with Crippen molar-refractivity contribution in [2.45, 2.75) is 12.8 Å². The molecule has 154 valence electrons. The molecule has 2 amide bonds. The Labute approximate surface area is 185 Å². The van der Waals surface area contributed by atoms with Gasteiger partial charge in [0.1, 0.15) is 5.75 Å². The van der Waals surface area contributed by atoms with Crippen molar-refractivity contribution in [1.82, 2.24) is 9.80 Å². The number of methoxy groups -OCH3 is 1. The largest absolute Gasteiger partial charge is 0.495 e. The number of aryl methyl sites for hydroxylation is 1. The van der Waals surface area contributed by atoms with Gasteiger partial charge in [-0.05, 0) is 42.3 Å². The van der Waals surface area contributed by atoms with E-state index in [9.17, 15) is 9.59 Å². The highest BCUT2D eigenvalue weighted by Gasteiger charge is 2.25. The molecule has 0 N–H and O–H groups in total. The first kappa shape index (κ1) is 21.8. The van der Waals surface area contributed by atoms with Gasteiger partial charge in [0.2, 0.25) is 5.91 Å². The lowest BCUT2D eigenvalue weighted by atomic mass is 10.1. The molecule has 5 nitrogen and oxygen atoms in total. The zero-order valence-electron chi connectivity index (χ0n) is 16.0.